The lowest BCUT2D eigenvalue weighted by molar-refractivity contribution is -0.176. The molecule has 0 radical (unpaired) electrons. The Kier molecular flexibility index (Phi) is 9.28. The largest absolute Gasteiger partial charge is 0.509 e. The lowest BCUT2D eigenvalue weighted by atomic mass is 9.50. The minimum Gasteiger partial charge on any atom is -0.493 e. The first-order valence-corrected chi connectivity index (χ1v) is 16.0. The predicted octanol–water partition coefficient (Wildman–Crippen LogP) is 3.36. The molecule has 6 atom stereocenters. The number of esters is 3. The highest BCUT2D eigenvalue weighted by atomic mass is 16.7. The van der Waals surface area contributed by atoms with Gasteiger partial charge in [0, 0.05) is 18.0 Å². The highest BCUT2D eigenvalue weighted by Gasteiger charge is 2.72. The van der Waals surface area contributed by atoms with Gasteiger partial charge in [-0.25, -0.2) is 14.4 Å². The number of carbonyl (C=O) groups excluding carboxylic acids is 4. The maximum atomic E-state index is 13.5. The average Bonchev–Trinajstić information content (AvgIpc) is 3.33. The molecule has 1 N–H and O–H groups in total. The molecule has 4 aliphatic rings. The first-order chi connectivity index (χ1) is 22.0. The van der Waals surface area contributed by atoms with E-state index < -0.39 is 65.4 Å². The van der Waals surface area contributed by atoms with Gasteiger partial charge < -0.3 is 43.2 Å². The first-order valence-electron chi connectivity index (χ1n) is 16.0. The van der Waals surface area contributed by atoms with E-state index in [2.05, 4.69) is 4.90 Å². The summed E-state index contributed by atoms with van der Waals surface area (Å²) in [5.74, 6) is -1.63. The van der Waals surface area contributed by atoms with Crippen molar-refractivity contribution in [1.29, 1.82) is 0 Å². The molecule has 47 heavy (non-hydrogen) atoms. The number of benzene rings is 1. The number of nitrogens with zero attached hydrogens (tertiary/aromatic N) is 1. The standard InChI is InChI=1S/C34H45NO12/c1-18(2)17-42-29(37)19(3)43-30(38)23(45-31(39)47-32(4,5)6)16-25(36)44-22-11-12-34(40)24-15-20-9-10-21(41-8)27-26(20)33(34,28(22)46-27)13-14-35(24)7/h9-11,18-19,23-24,28,40H,12-17H2,1-8H3/t19-,23-,24+,28-,33-,34+/m0/s1. The summed E-state index contributed by atoms with van der Waals surface area (Å²) in [7, 11) is 3.53. The van der Waals surface area contributed by atoms with E-state index in [-0.39, 0.29) is 30.7 Å². The van der Waals surface area contributed by atoms with E-state index in [4.69, 9.17) is 33.2 Å². The molecular formula is C34H45NO12. The maximum absolute atomic E-state index is 13.5. The Morgan fingerprint density at radius 1 is 1.11 bits per heavy atom. The number of likely N-dealkylation sites (tertiary alicyclic amines) is 1. The van der Waals surface area contributed by atoms with Gasteiger partial charge in [0.05, 0.1) is 31.2 Å². The zero-order valence-electron chi connectivity index (χ0n) is 28.2. The normalized spacial score (nSPS) is 27.0. The van der Waals surface area contributed by atoms with E-state index >= 15 is 0 Å². The Hall–Kier alpha value is -3.84. The summed E-state index contributed by atoms with van der Waals surface area (Å²) in [6, 6.07) is 3.63. The minimum absolute atomic E-state index is 0.0582. The zero-order valence-corrected chi connectivity index (χ0v) is 28.2. The summed E-state index contributed by atoms with van der Waals surface area (Å²) in [6.45, 7) is 10.6. The topological polar surface area (TPSA) is 156 Å². The smallest absolute Gasteiger partial charge is 0.493 e. The van der Waals surface area contributed by atoms with Crippen LogP contribution in [0.2, 0.25) is 0 Å². The number of ether oxygens (including phenoxy) is 7. The van der Waals surface area contributed by atoms with Crippen LogP contribution < -0.4 is 9.47 Å². The van der Waals surface area contributed by atoms with Crippen LogP contribution >= 0.6 is 0 Å². The van der Waals surface area contributed by atoms with Gasteiger partial charge in [0.1, 0.15) is 11.4 Å². The Morgan fingerprint density at radius 3 is 2.49 bits per heavy atom. The Balaban J connectivity index is 1.38. The molecule has 0 saturated carbocycles. The molecule has 1 fully saturated rings. The molecular weight excluding hydrogens is 614 g/mol. The number of piperidine rings is 1. The van der Waals surface area contributed by atoms with Crippen molar-refractivity contribution in [3.63, 3.8) is 0 Å². The van der Waals surface area contributed by atoms with Gasteiger partial charge in [0.15, 0.2) is 23.7 Å². The maximum Gasteiger partial charge on any atom is 0.509 e. The van der Waals surface area contributed by atoms with E-state index in [1.807, 2.05) is 33.0 Å². The molecule has 2 aliphatic carbocycles. The van der Waals surface area contributed by atoms with Gasteiger partial charge in [0.2, 0.25) is 6.10 Å². The second kappa shape index (κ2) is 12.6. The molecule has 2 aliphatic heterocycles. The van der Waals surface area contributed by atoms with E-state index in [0.717, 1.165) is 11.1 Å². The van der Waals surface area contributed by atoms with Gasteiger partial charge in [-0.15, -0.1) is 0 Å². The molecule has 5 rings (SSSR count). The van der Waals surface area contributed by atoms with Crippen molar-refractivity contribution < 1.29 is 57.4 Å². The third-order valence-electron chi connectivity index (χ3n) is 9.22. The summed E-state index contributed by atoms with van der Waals surface area (Å²) in [5.41, 5.74) is -1.18. The molecule has 1 spiro atoms. The molecule has 258 valence electrons. The predicted molar refractivity (Wildman–Crippen MR) is 165 cm³/mol. The minimum atomic E-state index is -1.80. The first kappa shape index (κ1) is 34.5. The van der Waals surface area contributed by atoms with Gasteiger partial charge >= 0.3 is 24.1 Å². The van der Waals surface area contributed by atoms with Gasteiger partial charge in [-0.1, -0.05) is 19.9 Å². The second-order valence-electron chi connectivity index (χ2n) is 14.1. The van der Waals surface area contributed by atoms with Crippen LogP contribution in [-0.2, 0) is 49.9 Å². The van der Waals surface area contributed by atoms with Crippen LogP contribution in [0.5, 0.6) is 11.5 Å². The fourth-order valence-electron chi connectivity index (χ4n) is 7.14. The third-order valence-corrected chi connectivity index (χ3v) is 9.22. The number of hydrogen-bond donors (Lipinski definition) is 1. The zero-order chi connectivity index (χ0) is 34.5. The summed E-state index contributed by atoms with van der Waals surface area (Å²) in [6.07, 6.45) is -2.97. The summed E-state index contributed by atoms with van der Waals surface area (Å²) >= 11 is 0. The van der Waals surface area contributed by atoms with Gasteiger partial charge in [-0.2, -0.15) is 0 Å². The number of hydrogen-bond acceptors (Lipinski definition) is 13. The average molecular weight is 660 g/mol. The third kappa shape index (κ3) is 6.27. The van der Waals surface area contributed by atoms with Crippen molar-refractivity contribution in [2.45, 2.75) is 108 Å². The van der Waals surface area contributed by atoms with E-state index in [1.54, 1.807) is 34.0 Å². The van der Waals surface area contributed by atoms with Gasteiger partial charge in [-0.05, 0) is 77.8 Å². The van der Waals surface area contributed by atoms with Crippen molar-refractivity contribution >= 4 is 24.1 Å². The molecule has 0 amide bonds. The van der Waals surface area contributed by atoms with Crippen molar-refractivity contribution in [2.75, 3.05) is 27.3 Å². The molecule has 1 aromatic carbocycles. The number of carbonyl (C=O) groups is 4. The molecule has 0 aromatic heterocycles. The van der Waals surface area contributed by atoms with E-state index in [1.165, 1.54) is 6.92 Å². The molecule has 13 nitrogen and oxygen atoms in total. The lowest BCUT2D eigenvalue weighted by Crippen LogP contribution is -2.74. The van der Waals surface area contributed by atoms with Crippen molar-refractivity contribution in [2.24, 2.45) is 5.92 Å². The van der Waals surface area contributed by atoms with E-state index in [0.29, 0.717) is 30.9 Å². The van der Waals surface area contributed by atoms with Crippen LogP contribution in [0.4, 0.5) is 4.79 Å². The van der Waals surface area contributed by atoms with Crippen molar-refractivity contribution in [3.8, 4) is 11.5 Å². The van der Waals surface area contributed by atoms with E-state index in [9.17, 15) is 24.3 Å². The van der Waals surface area contributed by atoms with Crippen LogP contribution in [0.1, 0.15) is 71.9 Å². The van der Waals surface area contributed by atoms with Crippen molar-refractivity contribution in [1.82, 2.24) is 4.90 Å². The SMILES string of the molecule is COc1ccc2c3c1O[C@H]1C(OC(=O)C[C@H](OC(=O)OC(C)(C)C)C(=O)O[C@@H](C)C(=O)OCC(C)C)=CC[C@@]4(O)[C@@H](C2)N(C)CC[C@]314. The molecule has 2 bridgehead atoms. The van der Waals surface area contributed by atoms with Crippen LogP contribution in [-0.4, -0.2) is 96.9 Å². The van der Waals surface area contributed by atoms with Gasteiger partial charge in [0.25, 0.3) is 0 Å². The monoisotopic (exact) mass is 659 g/mol. The quantitative estimate of drug-likeness (QED) is 0.288. The van der Waals surface area contributed by atoms with Crippen LogP contribution in [0.25, 0.3) is 0 Å². The number of likely N-dealkylation sites (N-methyl/N-ethyl adjacent to an activating group) is 1. The van der Waals surface area contributed by atoms with Crippen LogP contribution in [0.15, 0.2) is 24.0 Å². The number of rotatable bonds is 10. The molecule has 13 heteroatoms. The summed E-state index contributed by atoms with van der Waals surface area (Å²) < 4.78 is 38.8. The Morgan fingerprint density at radius 2 is 1.83 bits per heavy atom. The molecule has 0 unspecified atom stereocenters. The summed E-state index contributed by atoms with van der Waals surface area (Å²) in [4.78, 5) is 53.7. The Labute approximate surface area is 274 Å². The molecule has 1 aromatic rings. The fourth-order valence-corrected chi connectivity index (χ4v) is 7.14. The number of methoxy groups -OCH3 is 1. The van der Waals surface area contributed by atoms with Gasteiger partial charge in [-0.3, -0.25) is 4.79 Å². The highest BCUT2D eigenvalue weighted by Crippen LogP contribution is 2.65. The highest BCUT2D eigenvalue weighted by molar-refractivity contribution is 5.86. The molecule has 1 saturated heterocycles. The van der Waals surface area contributed by atoms with Crippen molar-refractivity contribution in [3.05, 3.63) is 35.1 Å². The Bertz CT molecular complexity index is 1460. The molecule has 2 heterocycles. The van der Waals surface area contributed by atoms with Crippen LogP contribution in [0.3, 0.4) is 0 Å². The fraction of sp³-hybridized carbons (Fsp3) is 0.647. The summed E-state index contributed by atoms with van der Waals surface area (Å²) in [5, 5.41) is 12.4. The lowest BCUT2D eigenvalue weighted by Gasteiger charge is -2.61. The van der Waals surface area contributed by atoms with Crippen LogP contribution in [0, 0.1) is 5.92 Å². The second-order valence-corrected chi connectivity index (χ2v) is 14.1. The number of aliphatic hydroxyl groups is 1.